The van der Waals surface area contributed by atoms with Crippen LogP contribution in [0.3, 0.4) is 0 Å². The van der Waals surface area contributed by atoms with E-state index in [1.807, 2.05) is 18.7 Å². The van der Waals surface area contributed by atoms with Gasteiger partial charge in [0.05, 0.1) is 19.3 Å². The second-order valence-electron chi connectivity index (χ2n) is 10.0. The number of likely N-dealkylation sites (tertiary alicyclic amines) is 1. The third-order valence-corrected chi connectivity index (χ3v) is 7.16. The van der Waals surface area contributed by atoms with Gasteiger partial charge in [-0.25, -0.2) is 14.6 Å². The Bertz CT molecular complexity index is 1380. The van der Waals surface area contributed by atoms with E-state index >= 15 is 0 Å². The first-order valence-electron chi connectivity index (χ1n) is 14.5. The largest absolute Gasteiger partial charge is 0.480 e. The number of benzene rings is 2. The highest BCUT2D eigenvalue weighted by Gasteiger charge is 2.27. The molecule has 3 aromatic rings. The molecule has 1 aliphatic heterocycles. The van der Waals surface area contributed by atoms with Crippen LogP contribution in [-0.4, -0.2) is 76.8 Å². The normalized spacial score (nSPS) is 13.3. The van der Waals surface area contributed by atoms with Crippen molar-refractivity contribution in [2.24, 2.45) is 0 Å². The van der Waals surface area contributed by atoms with Crippen LogP contribution in [0.2, 0.25) is 0 Å². The number of carboxylic acid groups (broad SMARTS) is 1. The van der Waals surface area contributed by atoms with Crippen molar-refractivity contribution in [3.8, 4) is 5.75 Å². The van der Waals surface area contributed by atoms with Gasteiger partial charge in [0.1, 0.15) is 17.5 Å². The number of carbonyl (C=O) groups excluding carboxylic acids is 2. The summed E-state index contributed by atoms with van der Waals surface area (Å²) in [5.41, 5.74) is 1.35. The zero-order valence-electron chi connectivity index (χ0n) is 24.4. The van der Waals surface area contributed by atoms with Gasteiger partial charge in [0.15, 0.2) is 5.82 Å². The van der Waals surface area contributed by atoms with Crippen LogP contribution in [0.5, 0.6) is 5.75 Å². The second-order valence-corrected chi connectivity index (χ2v) is 10.0. The van der Waals surface area contributed by atoms with Crippen LogP contribution in [0.4, 0.5) is 32.3 Å². The summed E-state index contributed by atoms with van der Waals surface area (Å²) < 4.78 is 18.8. The number of halogens is 1. The number of hydrogen-bond donors (Lipinski definition) is 2. The maximum absolute atomic E-state index is 13.3. The van der Waals surface area contributed by atoms with E-state index in [0.717, 1.165) is 12.8 Å². The van der Waals surface area contributed by atoms with E-state index in [0.29, 0.717) is 49.1 Å². The van der Waals surface area contributed by atoms with Gasteiger partial charge in [-0.05, 0) is 56.5 Å². The minimum atomic E-state index is -1.15. The summed E-state index contributed by atoms with van der Waals surface area (Å²) >= 11 is 0. The number of carboxylic acids is 1. The summed E-state index contributed by atoms with van der Waals surface area (Å²) in [4.78, 5) is 51.9. The van der Waals surface area contributed by atoms with Gasteiger partial charge in [-0.15, -0.1) is 0 Å². The number of carbonyl (C=O) groups is 3. The fourth-order valence-electron chi connectivity index (χ4n) is 4.84. The number of rotatable bonds is 13. The standard InChI is InChI=1S/C31H37FN6O5/c1-3-36(4-2)30-33-21-26(38(27(39)16-17-32)23-10-6-5-7-11-23)28(35-30)34-25(29(40)41)20-22-12-14-24(15-13-22)43-31(42)37-18-8-9-19-37/h5-7,10-15,21,25H,3-4,8-9,16-20H2,1-2H3,(H,40,41)(H,33,34,35)/t25-/m0/s1. The van der Waals surface area contributed by atoms with Crippen LogP contribution in [-0.2, 0) is 16.0 Å². The fourth-order valence-corrected chi connectivity index (χ4v) is 4.84. The number of aromatic nitrogens is 2. The number of amides is 2. The van der Waals surface area contributed by atoms with Crippen LogP contribution >= 0.6 is 0 Å². The predicted molar refractivity (Wildman–Crippen MR) is 162 cm³/mol. The van der Waals surface area contributed by atoms with Crippen molar-refractivity contribution in [1.29, 1.82) is 0 Å². The number of aliphatic carboxylic acids is 1. The monoisotopic (exact) mass is 592 g/mol. The molecule has 4 rings (SSSR count). The van der Waals surface area contributed by atoms with E-state index in [1.54, 1.807) is 59.5 Å². The average molecular weight is 593 g/mol. The third-order valence-electron chi connectivity index (χ3n) is 7.16. The van der Waals surface area contributed by atoms with Crippen molar-refractivity contribution in [2.45, 2.75) is 45.6 Å². The summed E-state index contributed by atoms with van der Waals surface area (Å²) in [7, 11) is 0. The molecular weight excluding hydrogens is 555 g/mol. The lowest BCUT2D eigenvalue weighted by Gasteiger charge is -2.27. The summed E-state index contributed by atoms with van der Waals surface area (Å²) in [6.45, 7) is 5.59. The summed E-state index contributed by atoms with van der Waals surface area (Å²) in [6.07, 6.45) is 2.65. The molecule has 0 unspecified atom stereocenters. The highest BCUT2D eigenvalue weighted by Crippen LogP contribution is 2.33. The van der Waals surface area contributed by atoms with Crippen molar-refractivity contribution in [3.63, 3.8) is 0 Å². The van der Waals surface area contributed by atoms with E-state index in [2.05, 4.69) is 15.3 Å². The van der Waals surface area contributed by atoms with Crippen LogP contribution < -0.4 is 19.9 Å². The number of nitrogens with zero attached hydrogens (tertiary/aromatic N) is 5. The SMILES string of the molecule is CCN(CC)c1ncc(N(C(=O)CCF)c2ccccc2)c(N[C@@H](Cc2ccc(OC(=O)N3CCCC3)cc2)C(=O)O)n1. The van der Waals surface area contributed by atoms with Crippen molar-refractivity contribution in [1.82, 2.24) is 14.9 Å². The number of anilines is 4. The fraction of sp³-hybridized carbons (Fsp3) is 0.387. The molecule has 43 heavy (non-hydrogen) atoms. The molecule has 0 aliphatic carbocycles. The lowest BCUT2D eigenvalue weighted by atomic mass is 10.1. The molecule has 1 fully saturated rings. The number of ether oxygens (including phenoxy) is 1. The highest BCUT2D eigenvalue weighted by atomic mass is 19.1. The molecule has 12 heteroatoms. The number of para-hydroxylation sites is 1. The molecule has 2 N–H and O–H groups in total. The average Bonchev–Trinajstić information content (AvgIpc) is 3.56. The molecule has 0 radical (unpaired) electrons. The third kappa shape index (κ3) is 7.97. The predicted octanol–water partition coefficient (Wildman–Crippen LogP) is 5.05. The Morgan fingerprint density at radius 1 is 1.05 bits per heavy atom. The lowest BCUT2D eigenvalue weighted by molar-refractivity contribution is -0.137. The van der Waals surface area contributed by atoms with E-state index in [1.165, 1.54) is 11.1 Å². The van der Waals surface area contributed by atoms with Crippen molar-refractivity contribution in [2.75, 3.05) is 48.0 Å². The molecule has 0 saturated carbocycles. The molecule has 0 spiro atoms. The van der Waals surface area contributed by atoms with Crippen LogP contribution in [0.25, 0.3) is 0 Å². The molecule has 1 aliphatic rings. The maximum atomic E-state index is 13.3. The molecule has 2 heterocycles. The topological polar surface area (TPSA) is 128 Å². The number of nitrogens with one attached hydrogen (secondary N) is 1. The van der Waals surface area contributed by atoms with Gasteiger partial charge in [-0.2, -0.15) is 4.98 Å². The van der Waals surface area contributed by atoms with Crippen molar-refractivity contribution in [3.05, 3.63) is 66.4 Å². The Kier molecular flexibility index (Phi) is 10.8. The van der Waals surface area contributed by atoms with Gasteiger partial charge in [0.25, 0.3) is 0 Å². The van der Waals surface area contributed by atoms with Crippen molar-refractivity contribution >= 4 is 41.1 Å². The van der Waals surface area contributed by atoms with Gasteiger partial charge >= 0.3 is 12.1 Å². The first-order valence-corrected chi connectivity index (χ1v) is 14.5. The molecule has 1 aromatic heterocycles. The Hall–Kier alpha value is -4.74. The quantitative estimate of drug-likeness (QED) is 0.280. The van der Waals surface area contributed by atoms with Gasteiger partial charge in [-0.1, -0.05) is 30.3 Å². The Balaban J connectivity index is 1.63. The number of alkyl halides is 1. The van der Waals surface area contributed by atoms with E-state index in [-0.39, 0.29) is 24.3 Å². The first kappa shape index (κ1) is 31.2. The molecule has 1 atom stereocenters. The maximum Gasteiger partial charge on any atom is 0.415 e. The smallest absolute Gasteiger partial charge is 0.415 e. The molecule has 2 aromatic carbocycles. The zero-order valence-corrected chi connectivity index (χ0v) is 24.4. The molecule has 228 valence electrons. The highest BCUT2D eigenvalue weighted by molar-refractivity contribution is 6.03. The van der Waals surface area contributed by atoms with Crippen LogP contribution in [0, 0.1) is 0 Å². The minimum absolute atomic E-state index is 0.0590. The lowest BCUT2D eigenvalue weighted by Crippen LogP contribution is -2.34. The summed E-state index contributed by atoms with van der Waals surface area (Å²) in [5.74, 6) is -0.818. The van der Waals surface area contributed by atoms with Gasteiger partial charge < -0.3 is 25.0 Å². The van der Waals surface area contributed by atoms with Crippen molar-refractivity contribution < 1.29 is 28.6 Å². The number of hydrogen-bond acceptors (Lipinski definition) is 8. The Morgan fingerprint density at radius 2 is 1.72 bits per heavy atom. The molecule has 0 bridgehead atoms. The van der Waals surface area contributed by atoms with Gasteiger partial charge in [-0.3, -0.25) is 14.1 Å². The van der Waals surface area contributed by atoms with Crippen LogP contribution in [0.15, 0.2) is 60.8 Å². The van der Waals surface area contributed by atoms with Gasteiger partial charge in [0, 0.05) is 38.3 Å². The van der Waals surface area contributed by atoms with E-state index in [4.69, 9.17) is 4.74 Å². The molecule has 2 amide bonds. The molecular formula is C31H37FN6O5. The summed E-state index contributed by atoms with van der Waals surface area (Å²) in [5, 5.41) is 13.2. The van der Waals surface area contributed by atoms with Gasteiger partial charge in [0.2, 0.25) is 11.9 Å². The Labute approximate surface area is 250 Å². The minimum Gasteiger partial charge on any atom is -0.480 e. The summed E-state index contributed by atoms with van der Waals surface area (Å²) in [6, 6.07) is 14.2. The van der Waals surface area contributed by atoms with E-state index in [9.17, 15) is 23.9 Å². The second kappa shape index (κ2) is 14.9. The molecule has 1 saturated heterocycles. The Morgan fingerprint density at radius 3 is 2.33 bits per heavy atom. The van der Waals surface area contributed by atoms with Crippen LogP contribution in [0.1, 0.15) is 38.7 Å². The molecule has 11 nitrogen and oxygen atoms in total. The van der Waals surface area contributed by atoms with E-state index < -0.39 is 30.7 Å². The zero-order chi connectivity index (χ0) is 30.8. The first-order chi connectivity index (χ1) is 20.8.